The number of nitro groups is 1. The number of nitrogens with zero attached hydrogens (tertiary/aromatic N) is 1. The standard InChI is InChI=1S/C22H23N3O5/c1-3-5-6-10-24-14-11-13(23)18-17(12(14)7-4-2)21(27)20-16(26)9-8-15(25(29)30)19(20)22(18)28/h4,8-9,11,24,26H,2-3,5-7,10,23H2,1H3. The van der Waals surface area contributed by atoms with Crippen molar-refractivity contribution < 1.29 is 19.6 Å². The summed E-state index contributed by atoms with van der Waals surface area (Å²) in [7, 11) is 0. The highest BCUT2D eigenvalue weighted by atomic mass is 16.6. The molecule has 0 fully saturated rings. The average molecular weight is 409 g/mol. The zero-order valence-electron chi connectivity index (χ0n) is 16.7. The van der Waals surface area contributed by atoms with E-state index in [9.17, 15) is 24.8 Å². The molecule has 3 rings (SSSR count). The number of carbonyl (C=O) groups excluding carboxylic acids is 2. The molecule has 0 amide bonds. The van der Waals surface area contributed by atoms with Gasteiger partial charge in [-0.25, -0.2) is 0 Å². The van der Waals surface area contributed by atoms with Crippen LogP contribution in [-0.4, -0.2) is 28.1 Å². The number of benzene rings is 2. The summed E-state index contributed by atoms with van der Waals surface area (Å²) in [6.07, 6.45) is 4.89. The Bertz CT molecular complexity index is 1080. The highest BCUT2D eigenvalue weighted by molar-refractivity contribution is 6.33. The van der Waals surface area contributed by atoms with Gasteiger partial charge < -0.3 is 16.2 Å². The SMILES string of the molecule is C=CCc1c(NCCCCC)cc(N)c2c1C(=O)c1c(O)ccc([N+](=O)[O-])c1C2=O. The number of nitrogen functional groups attached to an aromatic ring is 1. The summed E-state index contributed by atoms with van der Waals surface area (Å²) >= 11 is 0. The minimum absolute atomic E-state index is 0.0532. The van der Waals surface area contributed by atoms with Gasteiger partial charge in [-0.1, -0.05) is 25.8 Å². The molecular formula is C22H23N3O5. The molecule has 0 saturated heterocycles. The predicted octanol–water partition coefficient (Wildman–Crippen LogP) is 3.99. The number of nitro benzene ring substituents is 1. The van der Waals surface area contributed by atoms with Gasteiger partial charge in [-0.15, -0.1) is 6.58 Å². The van der Waals surface area contributed by atoms with Gasteiger partial charge in [0.05, 0.1) is 16.1 Å². The molecule has 1 aliphatic carbocycles. The van der Waals surface area contributed by atoms with E-state index in [-0.39, 0.29) is 28.8 Å². The molecule has 0 aromatic heterocycles. The van der Waals surface area contributed by atoms with Crippen molar-refractivity contribution in [2.24, 2.45) is 0 Å². The number of phenolic OH excluding ortho intramolecular Hbond substituents is 1. The minimum Gasteiger partial charge on any atom is -0.507 e. The van der Waals surface area contributed by atoms with Crippen LogP contribution in [0.1, 0.15) is 63.6 Å². The van der Waals surface area contributed by atoms with Gasteiger partial charge in [0, 0.05) is 29.5 Å². The molecule has 8 nitrogen and oxygen atoms in total. The van der Waals surface area contributed by atoms with E-state index in [0.717, 1.165) is 31.4 Å². The molecule has 8 heteroatoms. The lowest BCUT2D eigenvalue weighted by atomic mass is 9.78. The lowest BCUT2D eigenvalue weighted by Gasteiger charge is -2.24. The van der Waals surface area contributed by atoms with Crippen LogP contribution < -0.4 is 11.1 Å². The lowest BCUT2D eigenvalue weighted by molar-refractivity contribution is -0.385. The molecule has 1 aliphatic rings. The number of phenols is 1. The molecule has 30 heavy (non-hydrogen) atoms. The van der Waals surface area contributed by atoms with Gasteiger partial charge in [-0.2, -0.15) is 0 Å². The van der Waals surface area contributed by atoms with Gasteiger partial charge in [0.2, 0.25) is 5.78 Å². The van der Waals surface area contributed by atoms with Crippen LogP contribution in [0.2, 0.25) is 0 Å². The molecular weight excluding hydrogens is 386 g/mol. The van der Waals surface area contributed by atoms with Crippen molar-refractivity contribution in [3.8, 4) is 5.75 Å². The fraction of sp³-hybridized carbons (Fsp3) is 0.273. The number of unbranched alkanes of at least 4 members (excludes halogenated alkanes) is 2. The van der Waals surface area contributed by atoms with Gasteiger partial charge in [-0.3, -0.25) is 19.7 Å². The monoisotopic (exact) mass is 409 g/mol. The predicted molar refractivity (Wildman–Crippen MR) is 114 cm³/mol. The van der Waals surface area contributed by atoms with E-state index >= 15 is 0 Å². The van der Waals surface area contributed by atoms with Crippen molar-refractivity contribution >= 4 is 28.6 Å². The number of hydrogen-bond donors (Lipinski definition) is 3. The van der Waals surface area contributed by atoms with Crippen LogP contribution in [0.25, 0.3) is 0 Å². The third kappa shape index (κ3) is 3.41. The van der Waals surface area contributed by atoms with Crippen LogP contribution in [0, 0.1) is 10.1 Å². The van der Waals surface area contributed by atoms with Crippen LogP contribution in [0.5, 0.6) is 5.75 Å². The van der Waals surface area contributed by atoms with Gasteiger partial charge in [0.15, 0.2) is 5.78 Å². The summed E-state index contributed by atoms with van der Waals surface area (Å²) in [6, 6.07) is 3.64. The second-order valence-corrected chi connectivity index (χ2v) is 7.14. The summed E-state index contributed by atoms with van der Waals surface area (Å²) in [6.45, 7) is 6.48. The average Bonchev–Trinajstić information content (AvgIpc) is 2.70. The Morgan fingerprint density at radius 2 is 1.87 bits per heavy atom. The Labute approximate surface area is 173 Å². The number of nitrogens with two attached hydrogens (primary N) is 1. The Hall–Kier alpha value is -3.68. The summed E-state index contributed by atoms with van der Waals surface area (Å²) in [5.74, 6) is -1.90. The highest BCUT2D eigenvalue weighted by Gasteiger charge is 2.40. The van der Waals surface area contributed by atoms with Crippen LogP contribution in [0.15, 0.2) is 30.9 Å². The van der Waals surface area contributed by atoms with Gasteiger partial charge >= 0.3 is 0 Å². The number of rotatable bonds is 8. The first-order chi connectivity index (χ1) is 14.3. The Morgan fingerprint density at radius 1 is 1.17 bits per heavy atom. The van der Waals surface area contributed by atoms with Crippen LogP contribution in [0.3, 0.4) is 0 Å². The maximum Gasteiger partial charge on any atom is 0.281 e. The number of allylic oxidation sites excluding steroid dienone is 1. The maximum atomic E-state index is 13.4. The zero-order valence-corrected chi connectivity index (χ0v) is 16.7. The fourth-order valence-electron chi connectivity index (χ4n) is 3.79. The van der Waals surface area contributed by atoms with Gasteiger partial charge in [-0.05, 0) is 30.5 Å². The molecule has 4 N–H and O–H groups in total. The summed E-state index contributed by atoms with van der Waals surface area (Å²) in [4.78, 5) is 37.3. The molecule has 0 radical (unpaired) electrons. The van der Waals surface area contributed by atoms with E-state index in [1.165, 1.54) is 0 Å². The molecule has 0 atom stereocenters. The lowest BCUT2D eigenvalue weighted by Crippen LogP contribution is -2.26. The smallest absolute Gasteiger partial charge is 0.281 e. The maximum absolute atomic E-state index is 13.4. The number of anilines is 2. The zero-order chi connectivity index (χ0) is 22.0. The molecule has 0 unspecified atom stereocenters. The Morgan fingerprint density at radius 3 is 2.50 bits per heavy atom. The number of nitrogens with one attached hydrogen (secondary N) is 1. The number of aromatic hydroxyl groups is 1. The Balaban J connectivity index is 2.24. The second-order valence-electron chi connectivity index (χ2n) is 7.14. The molecule has 0 saturated carbocycles. The molecule has 0 heterocycles. The molecule has 0 aliphatic heterocycles. The van der Waals surface area contributed by atoms with Crippen molar-refractivity contribution in [2.45, 2.75) is 32.6 Å². The number of hydrogen-bond acceptors (Lipinski definition) is 7. The number of fused-ring (bicyclic) bond motifs is 2. The van der Waals surface area contributed by atoms with E-state index in [4.69, 9.17) is 5.73 Å². The summed E-state index contributed by atoms with van der Waals surface area (Å²) < 4.78 is 0. The largest absolute Gasteiger partial charge is 0.507 e. The van der Waals surface area contributed by atoms with Crippen molar-refractivity contribution in [3.63, 3.8) is 0 Å². The quantitative estimate of drug-likeness (QED) is 0.168. The number of ketones is 2. The minimum atomic E-state index is -0.751. The molecule has 2 aromatic rings. The van der Waals surface area contributed by atoms with Crippen molar-refractivity contribution in [1.29, 1.82) is 0 Å². The number of carbonyl (C=O) groups is 2. The Kier molecular flexibility index (Phi) is 5.86. The van der Waals surface area contributed by atoms with Gasteiger partial charge in [0.25, 0.3) is 5.69 Å². The molecule has 2 aromatic carbocycles. The highest BCUT2D eigenvalue weighted by Crippen LogP contribution is 2.42. The van der Waals surface area contributed by atoms with Crippen LogP contribution >= 0.6 is 0 Å². The second kappa shape index (κ2) is 8.36. The third-order valence-electron chi connectivity index (χ3n) is 5.18. The van der Waals surface area contributed by atoms with E-state index in [1.54, 1.807) is 12.1 Å². The first-order valence-electron chi connectivity index (χ1n) is 9.73. The van der Waals surface area contributed by atoms with E-state index in [1.807, 2.05) is 0 Å². The van der Waals surface area contributed by atoms with Crippen molar-refractivity contribution in [2.75, 3.05) is 17.6 Å². The summed E-state index contributed by atoms with van der Waals surface area (Å²) in [5, 5.41) is 25.0. The molecule has 0 spiro atoms. The van der Waals surface area contributed by atoms with Crippen molar-refractivity contribution in [1.82, 2.24) is 0 Å². The molecule has 156 valence electrons. The topological polar surface area (TPSA) is 136 Å². The normalized spacial score (nSPS) is 12.3. The van der Waals surface area contributed by atoms with E-state index < -0.39 is 33.5 Å². The first-order valence-corrected chi connectivity index (χ1v) is 9.73. The van der Waals surface area contributed by atoms with Crippen LogP contribution in [0.4, 0.5) is 17.1 Å². The van der Waals surface area contributed by atoms with E-state index in [0.29, 0.717) is 17.8 Å². The first kappa shape index (κ1) is 21.0. The summed E-state index contributed by atoms with van der Waals surface area (Å²) in [5.41, 5.74) is 5.97. The van der Waals surface area contributed by atoms with Crippen molar-refractivity contribution in [3.05, 3.63) is 68.8 Å². The van der Waals surface area contributed by atoms with E-state index in [2.05, 4.69) is 18.8 Å². The molecule has 0 bridgehead atoms. The fourth-order valence-corrected chi connectivity index (χ4v) is 3.79. The van der Waals surface area contributed by atoms with Gasteiger partial charge in [0.1, 0.15) is 11.3 Å². The van der Waals surface area contributed by atoms with Crippen LogP contribution in [-0.2, 0) is 6.42 Å². The third-order valence-corrected chi connectivity index (χ3v) is 5.18.